The second-order valence-electron chi connectivity index (χ2n) is 9.42. The molecule has 0 radical (unpaired) electrons. The maximum atomic E-state index is 14.8. The van der Waals surface area contributed by atoms with Gasteiger partial charge in [-0.2, -0.15) is 0 Å². The molecule has 1 unspecified atom stereocenters. The second kappa shape index (κ2) is 11.8. The number of benzene rings is 2. The molecule has 0 bridgehead atoms. The van der Waals surface area contributed by atoms with Crippen LogP contribution in [0.2, 0.25) is 0 Å². The number of carboxylic acid groups (broad SMARTS) is 1. The van der Waals surface area contributed by atoms with E-state index in [1.807, 2.05) is 37.3 Å². The first kappa shape index (κ1) is 26.8. The second-order valence-corrected chi connectivity index (χ2v) is 10.7. The van der Waals surface area contributed by atoms with E-state index in [1.54, 1.807) is 23.9 Å². The van der Waals surface area contributed by atoms with Gasteiger partial charge >= 0.3 is 5.97 Å². The molecule has 4 rings (SSSR count). The maximum absolute atomic E-state index is 14.8. The molecule has 0 fully saturated rings. The minimum atomic E-state index is -0.791. The number of carboxylic acids is 1. The van der Waals surface area contributed by atoms with Crippen molar-refractivity contribution in [2.45, 2.75) is 71.2 Å². The molecule has 3 aromatic rings. The summed E-state index contributed by atoms with van der Waals surface area (Å²) in [6.45, 7) is 14.7. The number of halogens is 1. The minimum Gasteiger partial charge on any atom is -0.481 e. The topological polar surface area (TPSA) is 42.2 Å². The fraction of sp³-hybridized carbons (Fsp3) is 0.367. The number of aromatic nitrogens is 1. The Hall–Kier alpha value is -2.79. The molecule has 186 valence electrons. The normalized spacial score (nSPS) is 15.2. The third-order valence-electron chi connectivity index (χ3n) is 6.29. The zero-order valence-corrected chi connectivity index (χ0v) is 22.2. The summed E-state index contributed by atoms with van der Waals surface area (Å²) >= 11 is 1.69. The van der Waals surface area contributed by atoms with E-state index in [-0.39, 0.29) is 18.2 Å². The van der Waals surface area contributed by atoms with Crippen LogP contribution < -0.4 is 0 Å². The number of nitrogens with zero attached hydrogens (tertiary/aromatic N) is 1. The molecule has 2 heterocycles. The van der Waals surface area contributed by atoms with Crippen molar-refractivity contribution in [3.8, 4) is 11.1 Å². The number of allylic oxidation sites excluding steroid dienone is 3. The predicted molar refractivity (Wildman–Crippen MR) is 147 cm³/mol. The average Bonchev–Trinajstić information content (AvgIpc) is 3.33. The summed E-state index contributed by atoms with van der Waals surface area (Å²) in [7, 11) is 0. The Morgan fingerprint density at radius 2 is 1.97 bits per heavy atom. The molecular formula is C30H36FNO2S. The van der Waals surface area contributed by atoms with Gasteiger partial charge in [0.15, 0.2) is 0 Å². The van der Waals surface area contributed by atoms with E-state index >= 15 is 0 Å². The van der Waals surface area contributed by atoms with Crippen LogP contribution in [0.5, 0.6) is 0 Å². The third-order valence-corrected chi connectivity index (χ3v) is 7.40. The van der Waals surface area contributed by atoms with Crippen LogP contribution in [-0.4, -0.2) is 15.6 Å². The monoisotopic (exact) mass is 493 g/mol. The number of rotatable bonds is 7. The number of hydrogen-bond acceptors (Lipinski definition) is 2. The molecule has 0 saturated heterocycles. The van der Waals surface area contributed by atoms with Crippen molar-refractivity contribution >= 4 is 28.6 Å². The molecule has 1 aromatic heterocycles. The van der Waals surface area contributed by atoms with Gasteiger partial charge in [0.25, 0.3) is 0 Å². The maximum Gasteiger partial charge on any atom is 0.304 e. The highest BCUT2D eigenvalue weighted by Crippen LogP contribution is 2.49. The minimum absolute atomic E-state index is 0.0559. The molecular weight excluding hydrogens is 457 g/mol. The number of carbonyl (C=O) groups is 1. The molecule has 5 heteroatoms. The predicted octanol–water partition coefficient (Wildman–Crippen LogP) is 8.95. The molecule has 1 aliphatic heterocycles. The van der Waals surface area contributed by atoms with Crippen LogP contribution in [0, 0.1) is 18.7 Å². The smallest absolute Gasteiger partial charge is 0.304 e. The van der Waals surface area contributed by atoms with Crippen LogP contribution in [-0.2, 0) is 11.3 Å². The largest absolute Gasteiger partial charge is 0.481 e. The summed E-state index contributed by atoms with van der Waals surface area (Å²) in [5, 5.41) is 10.5. The van der Waals surface area contributed by atoms with Gasteiger partial charge in [0.2, 0.25) is 0 Å². The van der Waals surface area contributed by atoms with Gasteiger partial charge in [-0.25, -0.2) is 4.39 Å². The molecule has 1 aliphatic rings. The molecule has 1 N–H and O–H groups in total. The van der Waals surface area contributed by atoms with Crippen molar-refractivity contribution in [1.82, 2.24) is 4.57 Å². The van der Waals surface area contributed by atoms with E-state index in [9.17, 15) is 14.3 Å². The van der Waals surface area contributed by atoms with E-state index in [4.69, 9.17) is 0 Å². The molecule has 2 aromatic carbocycles. The Labute approximate surface area is 212 Å². The summed E-state index contributed by atoms with van der Waals surface area (Å²) in [6.07, 6.45) is 5.91. The van der Waals surface area contributed by atoms with E-state index in [0.29, 0.717) is 5.92 Å². The van der Waals surface area contributed by atoms with Gasteiger partial charge in [0.05, 0.1) is 11.9 Å². The Morgan fingerprint density at radius 3 is 2.57 bits per heavy atom. The molecule has 35 heavy (non-hydrogen) atoms. The molecule has 1 atom stereocenters. The van der Waals surface area contributed by atoms with Crippen molar-refractivity contribution in [1.29, 1.82) is 0 Å². The van der Waals surface area contributed by atoms with E-state index in [0.717, 1.165) is 57.6 Å². The van der Waals surface area contributed by atoms with Gasteiger partial charge in [-0.05, 0) is 66.3 Å². The van der Waals surface area contributed by atoms with Crippen molar-refractivity contribution in [2.24, 2.45) is 5.92 Å². The number of aryl methyl sites for hydroxylation is 2. The van der Waals surface area contributed by atoms with Gasteiger partial charge in [-0.15, -0.1) is 6.58 Å². The molecule has 0 spiro atoms. The SMILES string of the molecule is C=CC(C)C.CC/C=C(\C)Sc1c2n(c3cc(F)cc(-c4ccccc4C)c13)CCC2CC(=O)O. The Bertz CT molecular complexity index is 1250. The first-order valence-electron chi connectivity index (χ1n) is 12.3. The van der Waals surface area contributed by atoms with Crippen LogP contribution in [0.15, 0.2) is 64.9 Å². The van der Waals surface area contributed by atoms with Crippen LogP contribution in [0.1, 0.15) is 64.1 Å². The van der Waals surface area contributed by atoms with E-state index in [2.05, 4.69) is 44.9 Å². The summed E-state index contributed by atoms with van der Waals surface area (Å²) in [4.78, 5) is 13.8. The summed E-state index contributed by atoms with van der Waals surface area (Å²) in [6, 6.07) is 11.3. The standard InChI is InChI=1S/C25H26FNO2S.C5H10/c1-4-7-16(3)30-25-23-20(19-9-6-5-8-15(19)2)13-18(26)14-21(23)27-11-10-17(24(25)27)12-22(28)29;1-4-5(2)3/h5-9,13-14,17H,4,10-12H2,1-3H3,(H,28,29);4-5H,1H2,2-3H3/b16-7+;. The summed E-state index contributed by atoms with van der Waals surface area (Å²) < 4.78 is 16.9. The van der Waals surface area contributed by atoms with Gasteiger partial charge in [-0.1, -0.05) is 69.0 Å². The van der Waals surface area contributed by atoms with E-state index < -0.39 is 5.97 Å². The fourth-order valence-corrected chi connectivity index (χ4v) is 5.85. The summed E-state index contributed by atoms with van der Waals surface area (Å²) in [5.41, 5.74) is 4.89. The number of aliphatic carboxylic acids is 1. The van der Waals surface area contributed by atoms with Crippen molar-refractivity contribution < 1.29 is 14.3 Å². The lowest BCUT2D eigenvalue weighted by molar-refractivity contribution is -0.137. The lowest BCUT2D eigenvalue weighted by Crippen LogP contribution is -2.04. The van der Waals surface area contributed by atoms with Crippen molar-refractivity contribution in [3.05, 3.63) is 77.1 Å². The number of fused-ring (bicyclic) bond motifs is 3. The van der Waals surface area contributed by atoms with Gasteiger partial charge in [-0.3, -0.25) is 4.79 Å². The third kappa shape index (κ3) is 6.07. The average molecular weight is 494 g/mol. The zero-order chi connectivity index (χ0) is 25.7. The Balaban J connectivity index is 0.000000623. The highest BCUT2D eigenvalue weighted by molar-refractivity contribution is 8.03. The molecule has 0 amide bonds. The Morgan fingerprint density at radius 1 is 1.29 bits per heavy atom. The highest BCUT2D eigenvalue weighted by atomic mass is 32.2. The lowest BCUT2D eigenvalue weighted by Gasteiger charge is -2.13. The molecule has 0 saturated carbocycles. The van der Waals surface area contributed by atoms with Crippen LogP contribution >= 0.6 is 11.8 Å². The van der Waals surface area contributed by atoms with Crippen molar-refractivity contribution in [3.63, 3.8) is 0 Å². The number of thioether (sulfide) groups is 1. The number of hydrogen-bond donors (Lipinski definition) is 1. The summed E-state index contributed by atoms with van der Waals surface area (Å²) in [5.74, 6) is -0.462. The van der Waals surface area contributed by atoms with Gasteiger partial charge < -0.3 is 9.67 Å². The van der Waals surface area contributed by atoms with Gasteiger partial charge in [0, 0.05) is 28.4 Å². The highest BCUT2D eigenvalue weighted by Gasteiger charge is 2.33. The lowest BCUT2D eigenvalue weighted by atomic mass is 9.95. The first-order valence-corrected chi connectivity index (χ1v) is 13.1. The quantitative estimate of drug-likeness (QED) is 0.264. The Kier molecular flexibility index (Phi) is 9.01. The van der Waals surface area contributed by atoms with Crippen LogP contribution in [0.3, 0.4) is 0 Å². The van der Waals surface area contributed by atoms with Crippen molar-refractivity contribution in [2.75, 3.05) is 0 Å². The zero-order valence-electron chi connectivity index (χ0n) is 21.4. The van der Waals surface area contributed by atoms with E-state index in [1.165, 1.54) is 4.91 Å². The van der Waals surface area contributed by atoms with Gasteiger partial charge in [0.1, 0.15) is 5.82 Å². The molecule has 0 aliphatic carbocycles. The molecule has 3 nitrogen and oxygen atoms in total. The first-order chi connectivity index (χ1) is 16.7. The van der Waals surface area contributed by atoms with Crippen LogP contribution in [0.25, 0.3) is 22.0 Å². The fourth-order valence-electron chi connectivity index (χ4n) is 4.58. The van der Waals surface area contributed by atoms with Crippen LogP contribution in [0.4, 0.5) is 4.39 Å².